The fraction of sp³-hybridized carbons (Fsp3) is 0.333. The summed E-state index contributed by atoms with van der Waals surface area (Å²) in [6, 6.07) is 3.10. The average molecular weight is 369 g/mol. The molecule has 0 spiro atoms. The predicted octanol–water partition coefficient (Wildman–Crippen LogP) is 2.51. The number of likely N-dealkylation sites (tertiary alicyclic amines) is 1. The molecular weight excluding hydrogens is 350 g/mol. The Hall–Kier alpha value is -2.74. The topological polar surface area (TPSA) is 84.1 Å². The number of thiazole rings is 1. The Kier molecular flexibility index (Phi) is 4.66. The molecule has 7 nitrogen and oxygen atoms in total. The zero-order valence-electron chi connectivity index (χ0n) is 14.2. The molecule has 26 heavy (non-hydrogen) atoms. The Bertz CT molecular complexity index is 885. The van der Waals surface area contributed by atoms with Gasteiger partial charge in [-0.05, 0) is 25.0 Å². The van der Waals surface area contributed by atoms with E-state index in [1.165, 1.54) is 12.3 Å². The summed E-state index contributed by atoms with van der Waals surface area (Å²) in [5, 5.41) is 11.9. The molecule has 4 rings (SSSR count). The van der Waals surface area contributed by atoms with Gasteiger partial charge in [0.2, 0.25) is 0 Å². The van der Waals surface area contributed by atoms with Gasteiger partial charge in [0.05, 0.1) is 17.7 Å². The number of carbonyl (C=O) groups is 1. The molecule has 1 aliphatic rings. The first-order valence-corrected chi connectivity index (χ1v) is 9.48. The maximum atomic E-state index is 12.6. The van der Waals surface area contributed by atoms with Gasteiger partial charge in [-0.2, -0.15) is 0 Å². The maximum Gasteiger partial charge on any atom is 0.276 e. The highest BCUT2D eigenvalue weighted by Gasteiger charge is 2.28. The van der Waals surface area contributed by atoms with E-state index in [0.717, 1.165) is 30.9 Å². The first-order valence-electron chi connectivity index (χ1n) is 8.53. The van der Waals surface area contributed by atoms with Crippen LogP contribution in [-0.4, -0.2) is 48.5 Å². The summed E-state index contributed by atoms with van der Waals surface area (Å²) < 4.78 is 2.14. The Morgan fingerprint density at radius 2 is 2.08 bits per heavy atom. The maximum absolute atomic E-state index is 12.6. The summed E-state index contributed by atoms with van der Waals surface area (Å²) in [5.41, 5.74) is 2.99. The molecule has 1 N–H and O–H groups in total. The van der Waals surface area contributed by atoms with Crippen LogP contribution in [0.3, 0.4) is 0 Å². The molecular formula is C18H19N5O2S. The number of hydrogen-bond donors (Lipinski definition) is 1. The molecule has 134 valence electrons. The van der Waals surface area contributed by atoms with E-state index in [9.17, 15) is 9.90 Å². The first-order chi connectivity index (χ1) is 12.7. The molecule has 0 aliphatic carbocycles. The van der Waals surface area contributed by atoms with Crippen molar-refractivity contribution in [3.8, 4) is 5.75 Å². The summed E-state index contributed by atoms with van der Waals surface area (Å²) in [5.74, 6) is 1.07. The summed E-state index contributed by atoms with van der Waals surface area (Å²) in [7, 11) is 0. The van der Waals surface area contributed by atoms with E-state index in [4.69, 9.17) is 0 Å². The molecule has 0 saturated carbocycles. The zero-order valence-corrected chi connectivity index (χ0v) is 15.0. The molecule has 4 heterocycles. The van der Waals surface area contributed by atoms with E-state index in [1.54, 1.807) is 22.3 Å². The standard InChI is InChI=1S/C18H19N5O2S/c24-15-2-1-5-19-16(15)18(25)22-7-3-13(4-8-22)17-20-6-9-23(17)10-14-11-26-12-21-14/h1-2,5-6,9,11-13,24H,3-4,7-8,10H2. The van der Waals surface area contributed by atoms with Crippen LogP contribution in [0.4, 0.5) is 0 Å². The zero-order chi connectivity index (χ0) is 17.9. The second kappa shape index (κ2) is 7.25. The van der Waals surface area contributed by atoms with Crippen LogP contribution in [-0.2, 0) is 6.54 Å². The van der Waals surface area contributed by atoms with Gasteiger partial charge in [-0.15, -0.1) is 11.3 Å². The van der Waals surface area contributed by atoms with Crippen LogP contribution >= 0.6 is 11.3 Å². The molecule has 0 radical (unpaired) electrons. The van der Waals surface area contributed by atoms with E-state index in [2.05, 4.69) is 19.5 Å². The number of pyridine rings is 1. The fourth-order valence-corrected chi connectivity index (χ4v) is 3.91. The molecule has 1 amide bonds. The molecule has 0 atom stereocenters. The lowest BCUT2D eigenvalue weighted by atomic mass is 9.95. The van der Waals surface area contributed by atoms with Gasteiger partial charge in [-0.25, -0.2) is 15.0 Å². The highest BCUT2D eigenvalue weighted by Crippen LogP contribution is 2.28. The van der Waals surface area contributed by atoms with Gasteiger partial charge in [-0.3, -0.25) is 4.79 Å². The van der Waals surface area contributed by atoms with Gasteiger partial charge in [0.25, 0.3) is 5.91 Å². The minimum atomic E-state index is -0.215. The summed E-state index contributed by atoms with van der Waals surface area (Å²) in [6.07, 6.45) is 7.01. The summed E-state index contributed by atoms with van der Waals surface area (Å²) >= 11 is 1.59. The van der Waals surface area contributed by atoms with Gasteiger partial charge in [-0.1, -0.05) is 0 Å². The Labute approximate surface area is 155 Å². The fourth-order valence-electron chi connectivity index (χ4n) is 3.36. The van der Waals surface area contributed by atoms with Crippen LogP contribution in [0.5, 0.6) is 5.75 Å². The predicted molar refractivity (Wildman–Crippen MR) is 97.2 cm³/mol. The molecule has 0 aromatic carbocycles. The van der Waals surface area contributed by atoms with Crippen LogP contribution in [0.25, 0.3) is 0 Å². The van der Waals surface area contributed by atoms with Crippen molar-refractivity contribution in [3.05, 3.63) is 58.8 Å². The lowest BCUT2D eigenvalue weighted by Crippen LogP contribution is -2.38. The van der Waals surface area contributed by atoms with Crippen molar-refractivity contribution in [1.82, 2.24) is 24.4 Å². The van der Waals surface area contributed by atoms with E-state index in [1.807, 2.05) is 23.3 Å². The third-order valence-corrected chi connectivity index (χ3v) is 5.34. The highest BCUT2D eigenvalue weighted by molar-refractivity contribution is 7.07. The number of aromatic nitrogens is 4. The third-order valence-electron chi connectivity index (χ3n) is 4.70. The van der Waals surface area contributed by atoms with E-state index in [-0.39, 0.29) is 17.4 Å². The van der Waals surface area contributed by atoms with E-state index < -0.39 is 0 Å². The van der Waals surface area contributed by atoms with Gasteiger partial charge in [0.1, 0.15) is 11.6 Å². The van der Waals surface area contributed by atoms with Gasteiger partial charge in [0, 0.05) is 43.0 Å². The number of rotatable bonds is 4. The smallest absolute Gasteiger partial charge is 0.276 e. The molecule has 1 fully saturated rings. The Morgan fingerprint density at radius 3 is 2.81 bits per heavy atom. The van der Waals surface area contributed by atoms with Gasteiger partial charge >= 0.3 is 0 Å². The lowest BCUT2D eigenvalue weighted by Gasteiger charge is -2.31. The number of carbonyl (C=O) groups excluding carboxylic acids is 1. The summed E-state index contributed by atoms with van der Waals surface area (Å²) in [4.78, 5) is 27.2. The van der Waals surface area contributed by atoms with Crippen LogP contribution < -0.4 is 0 Å². The molecule has 1 aliphatic heterocycles. The number of piperidine rings is 1. The van der Waals surface area contributed by atoms with Crippen molar-refractivity contribution in [2.45, 2.75) is 25.3 Å². The van der Waals surface area contributed by atoms with Crippen LogP contribution in [0.15, 0.2) is 41.6 Å². The van der Waals surface area contributed by atoms with Crippen LogP contribution in [0, 0.1) is 0 Å². The molecule has 0 bridgehead atoms. The second-order valence-corrected chi connectivity index (χ2v) is 7.05. The minimum absolute atomic E-state index is 0.0709. The van der Waals surface area contributed by atoms with Crippen LogP contribution in [0.2, 0.25) is 0 Å². The third kappa shape index (κ3) is 3.32. The second-order valence-electron chi connectivity index (χ2n) is 6.33. The van der Waals surface area contributed by atoms with Gasteiger partial charge < -0.3 is 14.6 Å². The molecule has 0 unspecified atom stereocenters. The lowest BCUT2D eigenvalue weighted by molar-refractivity contribution is 0.0701. The molecule has 1 saturated heterocycles. The van der Waals surface area contributed by atoms with Crippen molar-refractivity contribution < 1.29 is 9.90 Å². The Balaban J connectivity index is 1.42. The van der Waals surface area contributed by atoms with Crippen molar-refractivity contribution in [2.75, 3.05) is 13.1 Å². The van der Waals surface area contributed by atoms with Crippen LogP contribution in [0.1, 0.15) is 40.8 Å². The normalized spacial score (nSPS) is 15.3. The largest absolute Gasteiger partial charge is 0.505 e. The highest BCUT2D eigenvalue weighted by atomic mass is 32.1. The van der Waals surface area contributed by atoms with Crippen molar-refractivity contribution in [3.63, 3.8) is 0 Å². The average Bonchev–Trinajstić information content (AvgIpc) is 3.34. The van der Waals surface area contributed by atoms with Gasteiger partial charge in [0.15, 0.2) is 5.69 Å². The van der Waals surface area contributed by atoms with Crippen molar-refractivity contribution in [1.29, 1.82) is 0 Å². The SMILES string of the molecule is O=C(c1ncccc1O)N1CCC(c2nccn2Cc2cscn2)CC1. The minimum Gasteiger partial charge on any atom is -0.505 e. The van der Waals surface area contributed by atoms with E-state index in [0.29, 0.717) is 19.0 Å². The van der Waals surface area contributed by atoms with Crippen molar-refractivity contribution >= 4 is 17.2 Å². The molecule has 3 aromatic rings. The number of amides is 1. The molecule has 3 aromatic heterocycles. The number of nitrogens with zero attached hydrogens (tertiary/aromatic N) is 5. The summed E-state index contributed by atoms with van der Waals surface area (Å²) in [6.45, 7) is 1.98. The number of hydrogen-bond acceptors (Lipinski definition) is 6. The molecule has 8 heteroatoms. The first kappa shape index (κ1) is 16.7. The number of imidazole rings is 1. The monoisotopic (exact) mass is 369 g/mol. The van der Waals surface area contributed by atoms with E-state index >= 15 is 0 Å². The Morgan fingerprint density at radius 1 is 1.23 bits per heavy atom. The quantitative estimate of drug-likeness (QED) is 0.764. The van der Waals surface area contributed by atoms with Crippen molar-refractivity contribution in [2.24, 2.45) is 0 Å². The number of aromatic hydroxyl groups is 1.